The van der Waals surface area contributed by atoms with Crippen LogP contribution in [0.25, 0.3) is 0 Å². The van der Waals surface area contributed by atoms with Crippen LogP contribution in [0.15, 0.2) is 10.6 Å². The van der Waals surface area contributed by atoms with E-state index in [9.17, 15) is 0 Å². The van der Waals surface area contributed by atoms with Crippen LogP contribution in [0.4, 0.5) is 0 Å². The fourth-order valence-corrected chi connectivity index (χ4v) is 4.85. The molecule has 3 atom stereocenters. The van der Waals surface area contributed by atoms with Crippen molar-refractivity contribution in [2.75, 3.05) is 0 Å². The van der Waals surface area contributed by atoms with Crippen molar-refractivity contribution in [3.8, 4) is 0 Å². The number of halogens is 1. The molecule has 0 N–H and O–H groups in total. The normalized spacial score (nSPS) is 43.7. The molecule has 2 aliphatic rings. The average molecular weight is 271 g/mol. The van der Waals surface area contributed by atoms with E-state index in [1.54, 1.807) is 5.57 Å². The minimum absolute atomic E-state index is 0.603. The van der Waals surface area contributed by atoms with Crippen LogP contribution in [0.3, 0.4) is 0 Å². The van der Waals surface area contributed by atoms with Gasteiger partial charge in [0.25, 0.3) is 0 Å². The fourth-order valence-electron chi connectivity index (χ4n) is 4.31. The van der Waals surface area contributed by atoms with Gasteiger partial charge in [-0.3, -0.25) is 0 Å². The van der Waals surface area contributed by atoms with Crippen molar-refractivity contribution in [1.82, 2.24) is 0 Å². The van der Waals surface area contributed by atoms with Crippen LogP contribution in [0, 0.1) is 23.2 Å². The van der Waals surface area contributed by atoms with Gasteiger partial charge in [0.05, 0.1) is 0 Å². The lowest BCUT2D eigenvalue weighted by Gasteiger charge is -2.43. The van der Waals surface area contributed by atoms with E-state index in [0.29, 0.717) is 5.41 Å². The molecule has 0 aromatic heterocycles. The van der Waals surface area contributed by atoms with Gasteiger partial charge < -0.3 is 0 Å². The zero-order chi connectivity index (χ0) is 11.1. The summed E-state index contributed by atoms with van der Waals surface area (Å²) >= 11 is 3.57. The van der Waals surface area contributed by atoms with Crippen molar-refractivity contribution in [2.45, 2.75) is 52.9 Å². The number of allylic oxidation sites excluding steroid dienone is 1. The van der Waals surface area contributed by atoms with Gasteiger partial charge in [-0.1, -0.05) is 42.3 Å². The highest BCUT2D eigenvalue weighted by Crippen LogP contribution is 2.59. The maximum Gasteiger partial charge on any atom is -0.0138 e. The minimum Gasteiger partial charge on any atom is -0.0625 e. The van der Waals surface area contributed by atoms with Gasteiger partial charge in [0.2, 0.25) is 0 Å². The van der Waals surface area contributed by atoms with E-state index in [0.717, 1.165) is 17.8 Å². The summed E-state index contributed by atoms with van der Waals surface area (Å²) < 4.78 is 0. The lowest BCUT2D eigenvalue weighted by Crippen LogP contribution is -2.35. The molecule has 0 saturated heterocycles. The first-order chi connectivity index (χ1) is 7.09. The molecule has 0 heterocycles. The number of fused-ring (bicyclic) bond motifs is 1. The van der Waals surface area contributed by atoms with Gasteiger partial charge in [0.1, 0.15) is 0 Å². The van der Waals surface area contributed by atoms with Gasteiger partial charge in [0, 0.05) is 0 Å². The standard InChI is InChI=1S/C14H23Br/c1-10(2)12-6-7-13-11(9-15)5-4-8-14(12,13)3/h9-10,12-13H,4-8H2,1-3H3/b11-9+/t12-,13+,14?/m1/s1. The maximum absolute atomic E-state index is 3.57. The molecule has 1 unspecified atom stereocenters. The first-order valence-corrected chi connectivity index (χ1v) is 7.30. The summed E-state index contributed by atoms with van der Waals surface area (Å²) in [6.07, 6.45) is 7.05. The Morgan fingerprint density at radius 3 is 2.73 bits per heavy atom. The number of hydrogen-bond acceptors (Lipinski definition) is 0. The molecule has 0 aliphatic heterocycles. The summed E-state index contributed by atoms with van der Waals surface area (Å²) in [4.78, 5) is 2.22. The Morgan fingerprint density at radius 2 is 2.13 bits per heavy atom. The third-order valence-electron chi connectivity index (χ3n) is 4.98. The van der Waals surface area contributed by atoms with Crippen molar-refractivity contribution in [2.24, 2.45) is 23.2 Å². The summed E-state index contributed by atoms with van der Waals surface area (Å²) in [7, 11) is 0. The summed E-state index contributed by atoms with van der Waals surface area (Å²) in [5.41, 5.74) is 2.29. The Kier molecular flexibility index (Phi) is 3.30. The smallest absolute Gasteiger partial charge is 0.0138 e. The predicted molar refractivity (Wildman–Crippen MR) is 70.0 cm³/mol. The third kappa shape index (κ3) is 1.81. The summed E-state index contributed by atoms with van der Waals surface area (Å²) in [6, 6.07) is 0. The van der Waals surface area contributed by atoms with Crippen LogP contribution in [0.5, 0.6) is 0 Å². The van der Waals surface area contributed by atoms with Crippen LogP contribution in [-0.4, -0.2) is 0 Å². The lowest BCUT2D eigenvalue weighted by atomic mass is 9.62. The summed E-state index contributed by atoms with van der Waals surface area (Å²) in [5, 5.41) is 0. The SMILES string of the molecule is CC(C)[C@H]1CC[C@H]2/C(=C/Br)CCCC12C. The highest BCUT2D eigenvalue weighted by atomic mass is 79.9. The molecule has 2 saturated carbocycles. The van der Waals surface area contributed by atoms with Crippen LogP contribution in [0.2, 0.25) is 0 Å². The van der Waals surface area contributed by atoms with Gasteiger partial charge >= 0.3 is 0 Å². The second-order valence-electron chi connectivity index (χ2n) is 6.02. The number of hydrogen-bond donors (Lipinski definition) is 0. The average Bonchev–Trinajstić information content (AvgIpc) is 2.54. The van der Waals surface area contributed by atoms with Crippen molar-refractivity contribution in [3.05, 3.63) is 10.6 Å². The van der Waals surface area contributed by atoms with E-state index in [4.69, 9.17) is 0 Å². The monoisotopic (exact) mass is 270 g/mol. The first kappa shape index (κ1) is 11.7. The van der Waals surface area contributed by atoms with Crippen LogP contribution in [-0.2, 0) is 0 Å². The Labute approximate surface area is 103 Å². The minimum atomic E-state index is 0.603. The van der Waals surface area contributed by atoms with Crippen LogP contribution in [0.1, 0.15) is 52.9 Å². The van der Waals surface area contributed by atoms with Gasteiger partial charge in [-0.15, -0.1) is 0 Å². The van der Waals surface area contributed by atoms with E-state index in [1.807, 2.05) is 0 Å². The molecule has 2 aliphatic carbocycles. The lowest BCUT2D eigenvalue weighted by molar-refractivity contribution is 0.104. The highest BCUT2D eigenvalue weighted by molar-refractivity contribution is 9.11. The fraction of sp³-hybridized carbons (Fsp3) is 0.857. The van der Waals surface area contributed by atoms with E-state index >= 15 is 0 Å². The molecule has 15 heavy (non-hydrogen) atoms. The molecule has 0 aromatic rings. The molecule has 0 aromatic carbocycles. The second kappa shape index (κ2) is 4.24. The third-order valence-corrected chi connectivity index (χ3v) is 5.57. The molecule has 1 heteroatoms. The Bertz CT molecular complexity index is 267. The Hall–Kier alpha value is 0.220. The molecule has 0 nitrogen and oxygen atoms in total. The summed E-state index contributed by atoms with van der Waals surface area (Å²) in [5.74, 6) is 2.68. The molecule has 0 radical (unpaired) electrons. The Morgan fingerprint density at radius 1 is 1.40 bits per heavy atom. The molecule has 0 amide bonds. The predicted octanol–water partition coefficient (Wildman–Crippen LogP) is 5.14. The molecule has 0 bridgehead atoms. The van der Waals surface area contributed by atoms with Gasteiger partial charge in [0.15, 0.2) is 0 Å². The molecule has 0 spiro atoms. The summed E-state index contributed by atoms with van der Waals surface area (Å²) in [6.45, 7) is 7.36. The van der Waals surface area contributed by atoms with Crippen molar-refractivity contribution in [1.29, 1.82) is 0 Å². The zero-order valence-corrected chi connectivity index (χ0v) is 11.8. The van der Waals surface area contributed by atoms with E-state index in [1.165, 1.54) is 32.1 Å². The Balaban J connectivity index is 2.27. The molecular formula is C14H23Br. The maximum atomic E-state index is 3.57. The van der Waals surface area contributed by atoms with E-state index in [2.05, 4.69) is 41.7 Å². The molecular weight excluding hydrogens is 248 g/mol. The number of rotatable bonds is 1. The zero-order valence-electron chi connectivity index (χ0n) is 10.2. The van der Waals surface area contributed by atoms with Crippen molar-refractivity contribution < 1.29 is 0 Å². The topological polar surface area (TPSA) is 0 Å². The van der Waals surface area contributed by atoms with E-state index in [-0.39, 0.29) is 0 Å². The van der Waals surface area contributed by atoms with Crippen LogP contribution >= 0.6 is 15.9 Å². The molecule has 86 valence electrons. The highest BCUT2D eigenvalue weighted by Gasteiger charge is 2.49. The van der Waals surface area contributed by atoms with Crippen molar-refractivity contribution in [3.63, 3.8) is 0 Å². The quantitative estimate of drug-likeness (QED) is 0.619. The van der Waals surface area contributed by atoms with Crippen LogP contribution < -0.4 is 0 Å². The molecule has 2 fully saturated rings. The second-order valence-corrected chi connectivity index (χ2v) is 6.48. The van der Waals surface area contributed by atoms with E-state index < -0.39 is 0 Å². The largest absolute Gasteiger partial charge is 0.0625 e. The van der Waals surface area contributed by atoms with Gasteiger partial charge in [-0.25, -0.2) is 0 Å². The van der Waals surface area contributed by atoms with Crippen molar-refractivity contribution >= 4 is 15.9 Å². The molecule has 2 rings (SSSR count). The van der Waals surface area contributed by atoms with Gasteiger partial charge in [-0.2, -0.15) is 0 Å². The van der Waals surface area contributed by atoms with Gasteiger partial charge in [-0.05, 0) is 60.3 Å². The first-order valence-electron chi connectivity index (χ1n) is 6.38.